The highest BCUT2D eigenvalue weighted by Gasteiger charge is 2.40. The molecule has 2 heterocycles. The minimum atomic E-state index is -0.516. The molecule has 2 radical (unpaired) electrons. The quantitative estimate of drug-likeness (QED) is 0.359. The molecule has 1 aromatic heterocycles. The first-order valence-corrected chi connectivity index (χ1v) is 15.6. The number of aromatic nitrogens is 1. The van der Waals surface area contributed by atoms with Gasteiger partial charge in [0.15, 0.2) is 5.78 Å². The maximum Gasteiger partial charge on any atom is 0.246 e. The third-order valence-corrected chi connectivity index (χ3v) is 9.94. The second kappa shape index (κ2) is 13.1. The van der Waals surface area contributed by atoms with Crippen LogP contribution in [-0.2, 0) is 9.59 Å². The number of nitrogens with zero attached hydrogens (tertiary/aromatic N) is 2. The first-order chi connectivity index (χ1) is 18.2. The minimum absolute atomic E-state index is 0.00181. The zero-order chi connectivity index (χ0) is 27.3. The Kier molecular flexibility index (Phi) is 10.1. The van der Waals surface area contributed by atoms with E-state index in [0.29, 0.717) is 18.7 Å². The Bertz CT molecular complexity index is 977. The summed E-state index contributed by atoms with van der Waals surface area (Å²) < 4.78 is 0. The van der Waals surface area contributed by atoms with E-state index in [9.17, 15) is 14.4 Å². The minimum Gasteiger partial charge on any atom is -0.343 e. The monoisotopic (exact) mass is 540 g/mol. The predicted octanol–water partition coefficient (Wildman–Crippen LogP) is 4.98. The Morgan fingerprint density at radius 3 is 2.53 bits per heavy atom. The number of nitrogens with one attached hydrogen (secondary N) is 2. The van der Waals surface area contributed by atoms with Crippen LogP contribution in [0.2, 0.25) is 5.31 Å². The molecule has 208 valence electrons. The molecular formula is C29H45BN4O3S. The molecule has 2 N–H and O–H groups in total. The van der Waals surface area contributed by atoms with Crippen LogP contribution in [0, 0.1) is 11.8 Å². The molecule has 3 fully saturated rings. The number of likely N-dealkylation sites (tertiary alicyclic amines) is 1. The number of thiazole rings is 1. The molecule has 2 amide bonds. The Labute approximate surface area is 233 Å². The fourth-order valence-corrected chi connectivity index (χ4v) is 7.53. The lowest BCUT2D eigenvalue weighted by Gasteiger charge is -2.35. The fraction of sp³-hybridized carbons (Fsp3) is 0.793. The second-order valence-electron chi connectivity index (χ2n) is 12.2. The molecule has 4 rings (SSSR count). The largest absolute Gasteiger partial charge is 0.343 e. The summed E-state index contributed by atoms with van der Waals surface area (Å²) in [5.74, 6) is 0.0132. The zero-order valence-corrected chi connectivity index (χ0v) is 24.3. The lowest BCUT2D eigenvalue weighted by molar-refractivity contribution is -0.139. The number of likely N-dealkylation sites (N-methyl/N-ethyl adjacent to an activating group) is 1. The molecule has 3 aliphatic rings. The Balaban J connectivity index is 1.50. The Morgan fingerprint density at radius 2 is 1.79 bits per heavy atom. The number of rotatable bonds is 8. The van der Waals surface area contributed by atoms with Gasteiger partial charge in [0.1, 0.15) is 16.7 Å². The van der Waals surface area contributed by atoms with Crippen molar-refractivity contribution in [2.75, 3.05) is 13.6 Å². The third-order valence-electron chi connectivity index (χ3n) is 8.99. The summed E-state index contributed by atoms with van der Waals surface area (Å²) in [5.41, 5.74) is 0.519. The molecule has 1 saturated heterocycles. The van der Waals surface area contributed by atoms with E-state index in [1.807, 2.05) is 17.2 Å². The molecule has 2 aliphatic carbocycles. The zero-order valence-electron chi connectivity index (χ0n) is 23.5. The van der Waals surface area contributed by atoms with Crippen LogP contribution in [0.4, 0.5) is 0 Å². The van der Waals surface area contributed by atoms with Gasteiger partial charge < -0.3 is 15.5 Å². The Morgan fingerprint density at radius 1 is 1.08 bits per heavy atom. The average molecular weight is 541 g/mol. The van der Waals surface area contributed by atoms with Crippen molar-refractivity contribution in [2.45, 2.75) is 121 Å². The highest BCUT2D eigenvalue weighted by molar-refractivity contribution is 7.09. The molecule has 0 spiro atoms. The van der Waals surface area contributed by atoms with Crippen LogP contribution in [0.15, 0.2) is 5.38 Å². The molecule has 38 heavy (non-hydrogen) atoms. The van der Waals surface area contributed by atoms with Gasteiger partial charge in [-0.1, -0.05) is 57.2 Å². The van der Waals surface area contributed by atoms with E-state index in [-0.39, 0.29) is 46.8 Å². The summed E-state index contributed by atoms with van der Waals surface area (Å²) in [5, 5.41) is 8.46. The normalized spacial score (nSPS) is 28.8. The molecule has 9 heteroatoms. The van der Waals surface area contributed by atoms with Crippen LogP contribution >= 0.6 is 11.3 Å². The van der Waals surface area contributed by atoms with Gasteiger partial charge in [0.25, 0.3) is 0 Å². The summed E-state index contributed by atoms with van der Waals surface area (Å²) in [4.78, 5) is 47.0. The SMILES string of the molecule is [B]C1(C)CCCCCC(C(=O)c2csc(C3CCCN3C(=O)C(NC(=O)C(C)NC)C3CCCCC3)n2)C1. The van der Waals surface area contributed by atoms with Crippen molar-refractivity contribution in [3.63, 3.8) is 0 Å². The fourth-order valence-electron chi connectivity index (χ4n) is 6.57. The maximum atomic E-state index is 14.0. The van der Waals surface area contributed by atoms with E-state index in [2.05, 4.69) is 17.6 Å². The second-order valence-corrected chi connectivity index (χ2v) is 13.1. The van der Waals surface area contributed by atoms with Gasteiger partial charge in [-0.2, -0.15) is 0 Å². The maximum absolute atomic E-state index is 14.0. The molecular weight excluding hydrogens is 495 g/mol. The van der Waals surface area contributed by atoms with Gasteiger partial charge in [-0.15, -0.1) is 11.3 Å². The average Bonchev–Trinajstić information content (AvgIpc) is 3.58. The van der Waals surface area contributed by atoms with Crippen LogP contribution in [-0.4, -0.2) is 61.0 Å². The molecule has 0 bridgehead atoms. The van der Waals surface area contributed by atoms with Gasteiger partial charge in [0.2, 0.25) is 11.8 Å². The van der Waals surface area contributed by atoms with E-state index >= 15 is 0 Å². The summed E-state index contributed by atoms with van der Waals surface area (Å²) in [6.45, 7) is 4.53. The highest BCUT2D eigenvalue weighted by Crippen LogP contribution is 2.41. The van der Waals surface area contributed by atoms with Gasteiger partial charge in [-0.3, -0.25) is 14.4 Å². The third kappa shape index (κ3) is 7.06. The smallest absolute Gasteiger partial charge is 0.246 e. The van der Waals surface area contributed by atoms with Crippen molar-refractivity contribution in [3.05, 3.63) is 16.1 Å². The number of Topliss-reactive ketones (excluding diaryl/α,β-unsaturated/α-hetero) is 1. The molecule has 5 atom stereocenters. The van der Waals surface area contributed by atoms with Gasteiger partial charge >= 0.3 is 0 Å². The number of carbonyl (C=O) groups is 3. The van der Waals surface area contributed by atoms with E-state index in [1.165, 1.54) is 17.8 Å². The summed E-state index contributed by atoms with van der Waals surface area (Å²) in [6, 6.07) is -1.02. The molecule has 1 aromatic rings. The lowest BCUT2D eigenvalue weighted by atomic mass is 9.60. The lowest BCUT2D eigenvalue weighted by Crippen LogP contribution is -2.55. The molecule has 0 aromatic carbocycles. The van der Waals surface area contributed by atoms with Crippen LogP contribution in [0.25, 0.3) is 0 Å². The topological polar surface area (TPSA) is 91.4 Å². The predicted molar refractivity (Wildman–Crippen MR) is 152 cm³/mol. The standard InChI is InChI=1S/C29H45BN4O3S/c1-19(31-3)26(36)33-24(20-11-6-4-7-12-20)28(37)34-16-10-14-23(34)27-32-22(18-38-27)25(35)21-13-8-5-9-15-29(2,30)17-21/h18-21,23-24,31H,4-17H2,1-3H3,(H,33,36). The van der Waals surface area contributed by atoms with E-state index in [1.54, 1.807) is 7.05 Å². The molecule has 7 nitrogen and oxygen atoms in total. The van der Waals surface area contributed by atoms with Gasteiger partial charge in [0.05, 0.1) is 19.9 Å². The van der Waals surface area contributed by atoms with Crippen molar-refractivity contribution in [2.24, 2.45) is 11.8 Å². The summed E-state index contributed by atoms with van der Waals surface area (Å²) >= 11 is 1.48. The van der Waals surface area contributed by atoms with Crippen molar-refractivity contribution in [1.82, 2.24) is 20.5 Å². The summed E-state index contributed by atoms with van der Waals surface area (Å²) in [6.07, 6.45) is 12.8. The number of ketones is 1. The molecule has 5 unspecified atom stereocenters. The number of hydrogen-bond donors (Lipinski definition) is 2. The van der Waals surface area contributed by atoms with Crippen LogP contribution in [0.5, 0.6) is 0 Å². The number of hydrogen-bond acceptors (Lipinski definition) is 6. The van der Waals surface area contributed by atoms with Gasteiger partial charge in [-0.05, 0) is 58.4 Å². The van der Waals surface area contributed by atoms with Crippen molar-refractivity contribution in [3.8, 4) is 0 Å². The first-order valence-electron chi connectivity index (χ1n) is 14.8. The molecule has 2 saturated carbocycles. The van der Waals surface area contributed by atoms with Crippen LogP contribution in [0.1, 0.15) is 119 Å². The van der Waals surface area contributed by atoms with E-state index in [0.717, 1.165) is 75.6 Å². The number of amides is 2. The number of carbonyl (C=O) groups excluding carboxylic acids is 3. The summed E-state index contributed by atoms with van der Waals surface area (Å²) in [7, 11) is 8.27. The van der Waals surface area contributed by atoms with Crippen molar-refractivity contribution < 1.29 is 14.4 Å². The van der Waals surface area contributed by atoms with Crippen molar-refractivity contribution in [1.29, 1.82) is 0 Å². The Hall–Kier alpha value is -1.74. The highest BCUT2D eigenvalue weighted by atomic mass is 32.1. The van der Waals surface area contributed by atoms with Crippen LogP contribution < -0.4 is 10.6 Å². The van der Waals surface area contributed by atoms with Gasteiger partial charge in [-0.25, -0.2) is 4.98 Å². The molecule has 1 aliphatic heterocycles. The van der Waals surface area contributed by atoms with Gasteiger partial charge in [0, 0.05) is 17.8 Å². The first kappa shape index (κ1) is 29.3. The van der Waals surface area contributed by atoms with E-state index < -0.39 is 6.04 Å². The van der Waals surface area contributed by atoms with Crippen molar-refractivity contribution >= 4 is 36.8 Å². The van der Waals surface area contributed by atoms with E-state index in [4.69, 9.17) is 12.8 Å². The van der Waals surface area contributed by atoms with Crippen LogP contribution in [0.3, 0.4) is 0 Å².